The van der Waals surface area contributed by atoms with E-state index >= 15 is 0 Å². The Kier molecular flexibility index (Phi) is 4.03. The van der Waals surface area contributed by atoms with E-state index in [0.717, 1.165) is 37.8 Å². The first kappa shape index (κ1) is 15.3. The maximum absolute atomic E-state index is 12.6. The molecule has 0 aromatic heterocycles. The molecular weight excluding hydrogens is 308 g/mol. The number of halogens is 1. The number of hydrogen-bond donors (Lipinski definition) is 2. The van der Waals surface area contributed by atoms with Gasteiger partial charge in [0.15, 0.2) is 0 Å². The van der Waals surface area contributed by atoms with E-state index in [2.05, 4.69) is 10.0 Å². The molecule has 2 N–H and O–H groups in total. The van der Waals surface area contributed by atoms with Crippen molar-refractivity contribution in [2.45, 2.75) is 55.5 Å². The highest BCUT2D eigenvalue weighted by molar-refractivity contribution is 7.89. The first-order chi connectivity index (χ1) is 9.90. The van der Waals surface area contributed by atoms with Crippen LogP contribution >= 0.6 is 11.6 Å². The van der Waals surface area contributed by atoms with Crippen LogP contribution in [-0.4, -0.2) is 26.5 Å². The molecule has 1 unspecified atom stereocenters. The fourth-order valence-electron chi connectivity index (χ4n) is 3.39. The van der Waals surface area contributed by atoms with Gasteiger partial charge < -0.3 is 5.32 Å². The maximum Gasteiger partial charge on any atom is 0.241 e. The second-order valence-corrected chi connectivity index (χ2v) is 8.40. The molecule has 0 amide bonds. The second-order valence-electron chi connectivity index (χ2n) is 6.28. The summed E-state index contributed by atoms with van der Waals surface area (Å²) >= 11 is 5.94. The largest absolute Gasteiger partial charge is 0.311 e. The third-order valence-electron chi connectivity index (χ3n) is 4.70. The summed E-state index contributed by atoms with van der Waals surface area (Å²) < 4.78 is 28.1. The summed E-state index contributed by atoms with van der Waals surface area (Å²) in [5.74, 6) is 0. The van der Waals surface area contributed by atoms with E-state index < -0.39 is 10.0 Å². The molecule has 2 fully saturated rings. The zero-order valence-electron chi connectivity index (χ0n) is 12.2. The minimum absolute atomic E-state index is 0.00920. The van der Waals surface area contributed by atoms with Gasteiger partial charge in [0.1, 0.15) is 0 Å². The quantitative estimate of drug-likeness (QED) is 0.896. The first-order valence-electron chi connectivity index (χ1n) is 7.44. The van der Waals surface area contributed by atoms with Gasteiger partial charge >= 0.3 is 0 Å². The van der Waals surface area contributed by atoms with Crippen LogP contribution in [0, 0.1) is 6.92 Å². The highest BCUT2D eigenvalue weighted by atomic mass is 35.5. The summed E-state index contributed by atoms with van der Waals surface area (Å²) in [7, 11) is -3.51. The molecule has 1 spiro atoms. The Morgan fingerprint density at radius 3 is 2.81 bits per heavy atom. The van der Waals surface area contributed by atoms with Crippen LogP contribution < -0.4 is 10.0 Å². The van der Waals surface area contributed by atoms with Crippen molar-refractivity contribution < 1.29 is 8.42 Å². The lowest BCUT2D eigenvalue weighted by atomic mass is 9.70. The number of aryl methyl sites for hydroxylation is 1. The van der Waals surface area contributed by atoms with Crippen molar-refractivity contribution in [2.75, 3.05) is 6.54 Å². The molecule has 1 heterocycles. The third-order valence-corrected chi connectivity index (χ3v) is 6.60. The van der Waals surface area contributed by atoms with Gasteiger partial charge in [0.05, 0.1) is 4.90 Å². The van der Waals surface area contributed by atoms with Crippen LogP contribution in [-0.2, 0) is 10.0 Å². The lowest BCUT2D eigenvalue weighted by molar-refractivity contribution is 0.126. The summed E-state index contributed by atoms with van der Waals surface area (Å²) in [6, 6.07) is 4.99. The van der Waals surface area contributed by atoms with E-state index in [1.807, 2.05) is 0 Å². The molecule has 21 heavy (non-hydrogen) atoms. The normalized spacial score (nSPS) is 24.8. The predicted molar refractivity (Wildman–Crippen MR) is 84.1 cm³/mol. The molecule has 1 aromatic rings. The molecule has 1 atom stereocenters. The van der Waals surface area contributed by atoms with E-state index in [-0.39, 0.29) is 16.5 Å². The van der Waals surface area contributed by atoms with E-state index in [9.17, 15) is 8.42 Å². The molecule has 6 heteroatoms. The molecule has 1 aliphatic heterocycles. The van der Waals surface area contributed by atoms with Crippen molar-refractivity contribution in [3.63, 3.8) is 0 Å². The molecule has 1 saturated carbocycles. The van der Waals surface area contributed by atoms with Crippen LogP contribution in [0.5, 0.6) is 0 Å². The summed E-state index contributed by atoms with van der Waals surface area (Å²) in [6.07, 6.45) is 5.26. The van der Waals surface area contributed by atoms with E-state index in [4.69, 9.17) is 11.6 Å². The van der Waals surface area contributed by atoms with E-state index in [1.54, 1.807) is 19.1 Å². The number of rotatable bonds is 3. The molecule has 2 aliphatic rings. The lowest BCUT2D eigenvalue weighted by Gasteiger charge is -2.48. The monoisotopic (exact) mass is 328 g/mol. The lowest BCUT2D eigenvalue weighted by Crippen LogP contribution is -2.59. The Balaban J connectivity index is 1.78. The van der Waals surface area contributed by atoms with Crippen molar-refractivity contribution in [1.82, 2.24) is 10.0 Å². The highest BCUT2D eigenvalue weighted by Crippen LogP contribution is 2.38. The van der Waals surface area contributed by atoms with Crippen molar-refractivity contribution in [3.8, 4) is 0 Å². The van der Waals surface area contributed by atoms with Crippen LogP contribution in [0.3, 0.4) is 0 Å². The Morgan fingerprint density at radius 2 is 2.14 bits per heavy atom. The minimum atomic E-state index is -3.51. The molecule has 3 rings (SSSR count). The number of nitrogens with one attached hydrogen (secondary N) is 2. The number of hydrogen-bond acceptors (Lipinski definition) is 3. The standard InChI is InChI=1S/C15H21ClN2O2S/c1-11-3-4-12(16)9-14(11)21(19,20)18-13-5-8-17-15(10-13)6-2-7-15/h3-4,9,13,17-18H,2,5-8,10H2,1H3. The zero-order valence-corrected chi connectivity index (χ0v) is 13.7. The summed E-state index contributed by atoms with van der Waals surface area (Å²) in [6.45, 7) is 2.67. The molecule has 1 saturated heterocycles. The smallest absolute Gasteiger partial charge is 0.241 e. The van der Waals surface area contributed by atoms with Crippen LogP contribution in [0.1, 0.15) is 37.7 Å². The van der Waals surface area contributed by atoms with Crippen LogP contribution in [0.15, 0.2) is 23.1 Å². The second kappa shape index (κ2) is 5.54. The van der Waals surface area contributed by atoms with Gasteiger partial charge in [-0.1, -0.05) is 17.7 Å². The topological polar surface area (TPSA) is 58.2 Å². The van der Waals surface area contributed by atoms with Crippen molar-refractivity contribution >= 4 is 21.6 Å². The predicted octanol–water partition coefficient (Wildman–Crippen LogP) is 2.60. The first-order valence-corrected chi connectivity index (χ1v) is 9.30. The fourth-order valence-corrected chi connectivity index (χ4v) is 5.17. The van der Waals surface area contributed by atoms with Crippen LogP contribution in [0.25, 0.3) is 0 Å². The number of piperidine rings is 1. The third kappa shape index (κ3) is 3.11. The van der Waals surface area contributed by atoms with Gasteiger partial charge in [0.25, 0.3) is 0 Å². The molecule has 1 aliphatic carbocycles. The Morgan fingerprint density at radius 1 is 1.38 bits per heavy atom. The highest BCUT2D eigenvalue weighted by Gasteiger charge is 2.41. The average Bonchev–Trinajstić information content (AvgIpc) is 2.39. The van der Waals surface area contributed by atoms with Gasteiger partial charge in [-0.2, -0.15) is 0 Å². The fraction of sp³-hybridized carbons (Fsp3) is 0.600. The summed E-state index contributed by atoms with van der Waals surface area (Å²) in [4.78, 5) is 0.288. The van der Waals surface area contributed by atoms with Crippen molar-refractivity contribution in [2.24, 2.45) is 0 Å². The molecular formula is C15H21ClN2O2S. The van der Waals surface area contributed by atoms with Crippen molar-refractivity contribution in [1.29, 1.82) is 0 Å². The SMILES string of the molecule is Cc1ccc(Cl)cc1S(=O)(=O)NC1CCNC2(CCC2)C1. The Labute approximate surface area is 131 Å². The van der Waals surface area contributed by atoms with Crippen LogP contribution in [0.4, 0.5) is 0 Å². The Hall–Kier alpha value is -0.620. The van der Waals surface area contributed by atoms with Crippen molar-refractivity contribution in [3.05, 3.63) is 28.8 Å². The number of benzene rings is 1. The van der Waals surface area contributed by atoms with Gasteiger partial charge in [-0.25, -0.2) is 13.1 Å². The van der Waals surface area contributed by atoms with Crippen LogP contribution in [0.2, 0.25) is 5.02 Å². The summed E-state index contributed by atoms with van der Waals surface area (Å²) in [5, 5.41) is 4.00. The molecule has 4 nitrogen and oxygen atoms in total. The van der Waals surface area contributed by atoms with Gasteiger partial charge in [-0.05, 0) is 63.3 Å². The van der Waals surface area contributed by atoms with E-state index in [1.165, 1.54) is 12.5 Å². The molecule has 0 bridgehead atoms. The number of sulfonamides is 1. The van der Waals surface area contributed by atoms with E-state index in [0.29, 0.717) is 5.02 Å². The average molecular weight is 329 g/mol. The van der Waals surface area contributed by atoms with Gasteiger partial charge in [0.2, 0.25) is 10.0 Å². The van der Waals surface area contributed by atoms with Gasteiger partial charge in [-0.3, -0.25) is 0 Å². The zero-order chi connectivity index (χ0) is 15.1. The molecule has 0 radical (unpaired) electrons. The van der Waals surface area contributed by atoms with Gasteiger partial charge in [-0.15, -0.1) is 0 Å². The maximum atomic E-state index is 12.6. The van der Waals surface area contributed by atoms with Gasteiger partial charge in [0, 0.05) is 16.6 Å². The Bertz CT molecular complexity index is 641. The molecule has 1 aromatic carbocycles. The minimum Gasteiger partial charge on any atom is -0.311 e. The summed E-state index contributed by atoms with van der Waals surface area (Å²) in [5.41, 5.74) is 0.897. The molecule has 116 valence electrons.